The Kier molecular flexibility index (Phi) is 5.46. The molecule has 1 aromatic rings. The van der Waals surface area contributed by atoms with E-state index in [1.54, 1.807) is 31.2 Å². The number of phenols is 1. The van der Waals surface area contributed by atoms with Crippen LogP contribution >= 0.6 is 23.2 Å². The van der Waals surface area contributed by atoms with E-state index < -0.39 is 45.2 Å². The van der Waals surface area contributed by atoms with Gasteiger partial charge in [0.05, 0.1) is 11.8 Å². The zero-order valence-corrected chi connectivity index (χ0v) is 21.0. The monoisotopic (exact) mass is 516 g/mol. The summed E-state index contributed by atoms with van der Waals surface area (Å²) in [4.78, 5) is 51.6. The highest BCUT2D eigenvalue weighted by Crippen LogP contribution is 2.66. The third-order valence-electron chi connectivity index (χ3n) is 8.25. The number of halogens is 2. The molecular formula is C26H26Cl2N2O5. The van der Waals surface area contributed by atoms with Gasteiger partial charge >= 0.3 is 0 Å². The highest BCUT2D eigenvalue weighted by molar-refractivity contribution is 6.53. The van der Waals surface area contributed by atoms with Crippen molar-refractivity contribution in [1.29, 1.82) is 0 Å². The fourth-order valence-electron chi connectivity index (χ4n) is 6.63. The number of carbonyl (C=O) groups is 4. The Balaban J connectivity index is 1.76. The smallest absolute Gasteiger partial charge is 0.253 e. The van der Waals surface area contributed by atoms with Crippen LogP contribution in [0.5, 0.6) is 5.75 Å². The summed E-state index contributed by atoms with van der Waals surface area (Å²) in [6, 6.07) is 5.15. The Hall–Kier alpha value is -2.64. The fraction of sp³-hybridized carbons (Fsp3) is 0.462. The first kappa shape index (κ1) is 24.1. The van der Waals surface area contributed by atoms with Crippen LogP contribution < -0.4 is 0 Å². The number of aromatic hydroxyl groups is 1. The van der Waals surface area contributed by atoms with Crippen molar-refractivity contribution >= 4 is 46.8 Å². The summed E-state index contributed by atoms with van der Waals surface area (Å²) >= 11 is 14.2. The Morgan fingerprint density at radius 2 is 1.86 bits per heavy atom. The van der Waals surface area contributed by atoms with Crippen molar-refractivity contribution in [3.8, 4) is 5.75 Å². The van der Waals surface area contributed by atoms with Crippen LogP contribution in [0.4, 0.5) is 0 Å². The molecule has 0 bridgehead atoms. The number of allylic oxidation sites excluding steroid dienone is 3. The second-order valence-corrected chi connectivity index (χ2v) is 11.0. The number of carbonyl (C=O) groups excluding carboxylic acids is 4. The predicted octanol–water partition coefficient (Wildman–Crippen LogP) is 3.13. The first-order chi connectivity index (χ1) is 16.5. The second-order valence-electron chi connectivity index (χ2n) is 9.77. The number of para-hydroxylation sites is 1. The molecule has 4 amide bonds. The average Bonchev–Trinajstić information content (AvgIpc) is 3.15. The molecule has 4 aliphatic rings. The highest BCUT2D eigenvalue weighted by Gasteiger charge is 2.76. The maximum atomic E-state index is 13.5. The van der Waals surface area contributed by atoms with E-state index in [1.807, 2.05) is 6.08 Å². The molecule has 184 valence electrons. The van der Waals surface area contributed by atoms with Crippen molar-refractivity contribution in [3.63, 3.8) is 0 Å². The molecule has 3 fully saturated rings. The lowest BCUT2D eigenvalue weighted by molar-refractivity contribution is -0.141. The van der Waals surface area contributed by atoms with Crippen LogP contribution in [-0.2, 0) is 25.6 Å². The van der Waals surface area contributed by atoms with E-state index in [4.69, 9.17) is 23.2 Å². The van der Waals surface area contributed by atoms with Gasteiger partial charge in [0.25, 0.3) is 11.8 Å². The molecule has 6 atom stereocenters. The van der Waals surface area contributed by atoms with Crippen LogP contribution in [0.1, 0.15) is 36.8 Å². The molecular weight excluding hydrogens is 491 g/mol. The molecule has 2 heterocycles. The van der Waals surface area contributed by atoms with Crippen molar-refractivity contribution in [2.24, 2.45) is 17.8 Å². The van der Waals surface area contributed by atoms with Gasteiger partial charge in [-0.05, 0) is 37.7 Å². The Bertz CT molecular complexity index is 1230. The molecule has 1 aromatic carbocycles. The summed E-state index contributed by atoms with van der Waals surface area (Å²) < 4.78 is 0. The minimum atomic E-state index is -1.91. The molecule has 2 saturated heterocycles. The van der Waals surface area contributed by atoms with E-state index in [1.165, 1.54) is 11.9 Å². The largest absolute Gasteiger partial charge is 0.507 e. The maximum absolute atomic E-state index is 13.5. The fourth-order valence-corrected chi connectivity index (χ4v) is 7.64. The van der Waals surface area contributed by atoms with E-state index in [0.717, 1.165) is 4.90 Å². The summed E-state index contributed by atoms with van der Waals surface area (Å²) in [6.45, 7) is 5.73. The van der Waals surface area contributed by atoms with Crippen LogP contribution in [0.25, 0.3) is 0 Å². The third kappa shape index (κ3) is 2.85. The van der Waals surface area contributed by atoms with Gasteiger partial charge in [0.2, 0.25) is 11.8 Å². The number of rotatable bonds is 4. The number of amides is 4. The number of fused-ring (bicyclic) bond motifs is 4. The maximum Gasteiger partial charge on any atom is 0.253 e. The lowest BCUT2D eigenvalue weighted by Gasteiger charge is -2.50. The predicted molar refractivity (Wildman–Crippen MR) is 130 cm³/mol. The van der Waals surface area contributed by atoms with Gasteiger partial charge in [-0.25, -0.2) is 0 Å². The summed E-state index contributed by atoms with van der Waals surface area (Å²) in [6.07, 6.45) is 4.14. The Labute approximate surface area is 213 Å². The molecule has 0 spiro atoms. The zero-order chi connectivity index (χ0) is 25.4. The number of nitrogens with zero attached hydrogens (tertiary/aromatic N) is 2. The first-order valence-corrected chi connectivity index (χ1v) is 12.5. The van der Waals surface area contributed by atoms with Crippen LogP contribution in [-0.4, -0.2) is 61.9 Å². The number of phenolic OH excluding ortho intramolecular Hbond substituents is 1. The Morgan fingerprint density at radius 3 is 2.51 bits per heavy atom. The number of likely N-dealkylation sites (tertiary alicyclic amines) is 2. The quantitative estimate of drug-likeness (QED) is 0.376. The lowest BCUT2D eigenvalue weighted by Crippen LogP contribution is -2.60. The van der Waals surface area contributed by atoms with E-state index >= 15 is 0 Å². The Morgan fingerprint density at radius 1 is 1.14 bits per heavy atom. The van der Waals surface area contributed by atoms with Crippen LogP contribution in [0.15, 0.2) is 42.5 Å². The summed E-state index contributed by atoms with van der Waals surface area (Å²) in [5, 5.41) is 11.2. The molecule has 0 aromatic heterocycles. The number of imide groups is 2. The van der Waals surface area contributed by atoms with Crippen molar-refractivity contribution < 1.29 is 24.3 Å². The normalized spacial score (nSPS) is 36.2. The molecule has 2 aliphatic heterocycles. The molecule has 1 N–H and O–H groups in total. The lowest BCUT2D eigenvalue weighted by atomic mass is 9.56. The minimum absolute atomic E-state index is 0.0554. The van der Waals surface area contributed by atoms with Gasteiger partial charge in [-0.3, -0.25) is 29.0 Å². The molecule has 2 aliphatic carbocycles. The molecule has 6 unspecified atom stereocenters. The summed E-state index contributed by atoms with van der Waals surface area (Å²) in [7, 11) is 1.34. The van der Waals surface area contributed by atoms with E-state index in [0.29, 0.717) is 29.5 Å². The van der Waals surface area contributed by atoms with E-state index in [2.05, 4.69) is 6.58 Å². The number of hydrogen-bond donors (Lipinski definition) is 1. The summed E-state index contributed by atoms with van der Waals surface area (Å²) in [5.41, 5.74) is 1.61. The molecule has 1 saturated carbocycles. The van der Waals surface area contributed by atoms with Gasteiger partial charge in [-0.2, -0.15) is 0 Å². The van der Waals surface area contributed by atoms with Crippen molar-refractivity contribution in [2.75, 3.05) is 13.6 Å². The van der Waals surface area contributed by atoms with Gasteiger partial charge < -0.3 is 5.11 Å². The van der Waals surface area contributed by atoms with Gasteiger partial charge in [0, 0.05) is 25.1 Å². The molecule has 7 nitrogen and oxygen atoms in total. The van der Waals surface area contributed by atoms with Crippen LogP contribution in [0.3, 0.4) is 0 Å². The standard InChI is InChI=1S/C26H26Cl2N2O5/c1-4-7-13-8-6-9-16(20(13)31)19-14-10-11-15-18(22(33)30(5-2)21(15)32)17(14)12-25(27)23(34)29(3)24(35)26(19,25)28/h4,6,8-10,15,17-19,31H,1,5,7,11-12H2,2-3H3. The van der Waals surface area contributed by atoms with E-state index in [-0.39, 0.29) is 30.5 Å². The molecule has 35 heavy (non-hydrogen) atoms. The molecule has 0 radical (unpaired) electrons. The molecule has 5 rings (SSSR count). The second kappa shape index (κ2) is 7.93. The number of alkyl halides is 2. The third-order valence-corrected chi connectivity index (χ3v) is 9.66. The zero-order valence-electron chi connectivity index (χ0n) is 19.5. The number of benzene rings is 1. The van der Waals surface area contributed by atoms with Crippen molar-refractivity contribution in [3.05, 3.63) is 53.6 Å². The summed E-state index contributed by atoms with van der Waals surface area (Å²) in [5.74, 6) is -4.68. The highest BCUT2D eigenvalue weighted by atomic mass is 35.5. The van der Waals surface area contributed by atoms with E-state index in [9.17, 15) is 24.3 Å². The SMILES string of the molecule is C=CCc1cccc(C2C3=CCC4C(=O)N(CC)C(=O)C4C3CC3(Cl)C(=O)N(C)C(=O)C23Cl)c1O. The first-order valence-electron chi connectivity index (χ1n) is 11.7. The number of hydrogen-bond acceptors (Lipinski definition) is 5. The van der Waals surface area contributed by atoms with Crippen molar-refractivity contribution in [1.82, 2.24) is 9.80 Å². The average molecular weight is 517 g/mol. The van der Waals surface area contributed by atoms with Crippen molar-refractivity contribution in [2.45, 2.75) is 41.9 Å². The van der Waals surface area contributed by atoms with Crippen LogP contribution in [0.2, 0.25) is 0 Å². The molecule has 9 heteroatoms. The van der Waals surface area contributed by atoms with Gasteiger partial charge in [0.15, 0.2) is 9.75 Å². The van der Waals surface area contributed by atoms with Gasteiger partial charge in [0.1, 0.15) is 5.75 Å². The van der Waals surface area contributed by atoms with Gasteiger partial charge in [-0.1, -0.05) is 35.9 Å². The topological polar surface area (TPSA) is 95.0 Å². The van der Waals surface area contributed by atoms with Gasteiger partial charge in [-0.15, -0.1) is 29.8 Å². The van der Waals surface area contributed by atoms with Crippen LogP contribution in [0, 0.1) is 17.8 Å². The minimum Gasteiger partial charge on any atom is -0.507 e.